The van der Waals surface area contributed by atoms with Crippen molar-refractivity contribution in [2.75, 3.05) is 31.1 Å². The maximum Gasteiger partial charge on any atom is 0.232 e. The minimum atomic E-state index is -3.22. The van der Waals surface area contributed by atoms with Crippen LogP contribution in [0.3, 0.4) is 0 Å². The number of thioether (sulfide) groups is 1. The fourth-order valence-electron chi connectivity index (χ4n) is 1.97. The third kappa shape index (κ3) is 5.50. The number of hydrogen-bond acceptors (Lipinski definition) is 4. The van der Waals surface area contributed by atoms with E-state index in [1.54, 1.807) is 4.90 Å². The van der Waals surface area contributed by atoms with Gasteiger partial charge in [0, 0.05) is 30.4 Å². The molecule has 2 rings (SSSR count). The SMILES string of the molecule is O=C(CSCc1cccc(Cl)c1)N1CCNS(=O)(=O)CC1. The van der Waals surface area contributed by atoms with Crippen LogP contribution in [0.1, 0.15) is 5.56 Å². The van der Waals surface area contributed by atoms with Crippen LogP contribution in [0.2, 0.25) is 5.02 Å². The molecule has 116 valence electrons. The van der Waals surface area contributed by atoms with Gasteiger partial charge in [0.25, 0.3) is 0 Å². The lowest BCUT2D eigenvalue weighted by atomic mass is 10.2. The van der Waals surface area contributed by atoms with E-state index in [-0.39, 0.29) is 24.7 Å². The van der Waals surface area contributed by atoms with E-state index in [9.17, 15) is 13.2 Å². The van der Waals surface area contributed by atoms with Crippen LogP contribution < -0.4 is 4.72 Å². The summed E-state index contributed by atoms with van der Waals surface area (Å²) in [5.74, 6) is 0.988. The highest BCUT2D eigenvalue weighted by molar-refractivity contribution is 7.99. The molecule has 8 heteroatoms. The zero-order valence-corrected chi connectivity index (χ0v) is 13.8. The van der Waals surface area contributed by atoms with E-state index in [2.05, 4.69) is 4.72 Å². The van der Waals surface area contributed by atoms with Crippen LogP contribution >= 0.6 is 23.4 Å². The lowest BCUT2D eigenvalue weighted by Crippen LogP contribution is -2.36. The fraction of sp³-hybridized carbons (Fsp3) is 0.462. The van der Waals surface area contributed by atoms with E-state index >= 15 is 0 Å². The van der Waals surface area contributed by atoms with Gasteiger partial charge in [-0.3, -0.25) is 4.79 Å². The number of nitrogens with one attached hydrogen (secondary N) is 1. The summed E-state index contributed by atoms with van der Waals surface area (Å²) in [6, 6.07) is 7.53. The molecule has 0 unspecified atom stereocenters. The second-order valence-electron chi connectivity index (χ2n) is 4.72. The lowest BCUT2D eigenvalue weighted by Gasteiger charge is -2.19. The van der Waals surface area contributed by atoms with Gasteiger partial charge in [-0.1, -0.05) is 23.7 Å². The van der Waals surface area contributed by atoms with E-state index in [1.165, 1.54) is 11.8 Å². The van der Waals surface area contributed by atoms with Crippen molar-refractivity contribution in [1.29, 1.82) is 0 Å². The van der Waals surface area contributed by atoms with Gasteiger partial charge in [-0.2, -0.15) is 0 Å². The number of sulfonamides is 1. The predicted molar refractivity (Wildman–Crippen MR) is 86.0 cm³/mol. The molecule has 1 aliphatic heterocycles. The Hall–Kier alpha value is -0.760. The Morgan fingerprint density at radius 1 is 1.38 bits per heavy atom. The molecule has 1 aromatic carbocycles. The van der Waals surface area contributed by atoms with Crippen LogP contribution in [0.15, 0.2) is 24.3 Å². The summed E-state index contributed by atoms with van der Waals surface area (Å²) in [6.07, 6.45) is 0. The van der Waals surface area contributed by atoms with E-state index in [0.717, 1.165) is 5.56 Å². The summed E-state index contributed by atoms with van der Waals surface area (Å²) in [5.41, 5.74) is 1.07. The molecule has 1 amide bonds. The lowest BCUT2D eigenvalue weighted by molar-refractivity contribution is -0.127. The minimum Gasteiger partial charge on any atom is -0.340 e. The Kier molecular flexibility index (Phi) is 5.92. The van der Waals surface area contributed by atoms with Crippen molar-refractivity contribution >= 4 is 39.3 Å². The zero-order valence-electron chi connectivity index (χ0n) is 11.4. The third-order valence-electron chi connectivity index (χ3n) is 3.07. The molecule has 0 aromatic heterocycles. The second kappa shape index (κ2) is 7.49. The summed E-state index contributed by atoms with van der Waals surface area (Å²) in [4.78, 5) is 13.7. The molecule has 0 aliphatic carbocycles. The van der Waals surface area contributed by atoms with Gasteiger partial charge in [0.1, 0.15) is 0 Å². The Balaban J connectivity index is 1.79. The van der Waals surface area contributed by atoms with Crippen LogP contribution in [0.4, 0.5) is 0 Å². The van der Waals surface area contributed by atoms with Crippen molar-refractivity contribution in [2.24, 2.45) is 0 Å². The molecule has 1 saturated heterocycles. The number of nitrogens with zero attached hydrogens (tertiary/aromatic N) is 1. The molecule has 1 aliphatic rings. The topological polar surface area (TPSA) is 66.5 Å². The number of carbonyl (C=O) groups is 1. The number of rotatable bonds is 4. The maximum atomic E-state index is 12.1. The summed E-state index contributed by atoms with van der Waals surface area (Å²) >= 11 is 7.41. The molecule has 0 saturated carbocycles. The number of benzene rings is 1. The highest BCUT2D eigenvalue weighted by atomic mass is 35.5. The largest absolute Gasteiger partial charge is 0.340 e. The molecule has 0 spiro atoms. The highest BCUT2D eigenvalue weighted by Crippen LogP contribution is 2.17. The zero-order chi connectivity index (χ0) is 15.3. The number of amides is 1. The van der Waals surface area contributed by atoms with Gasteiger partial charge in [-0.15, -0.1) is 11.8 Å². The molecule has 1 heterocycles. The molecule has 1 N–H and O–H groups in total. The smallest absolute Gasteiger partial charge is 0.232 e. The average molecular weight is 349 g/mol. The Bertz CT molecular complexity index is 607. The van der Waals surface area contributed by atoms with E-state index in [1.807, 2.05) is 24.3 Å². The predicted octanol–water partition coefficient (Wildman–Crippen LogP) is 1.33. The fourth-order valence-corrected chi connectivity index (χ4v) is 4.07. The average Bonchev–Trinajstić information content (AvgIpc) is 2.60. The number of halogens is 1. The van der Waals surface area contributed by atoms with Gasteiger partial charge < -0.3 is 4.90 Å². The Morgan fingerprint density at radius 2 is 2.19 bits per heavy atom. The van der Waals surface area contributed by atoms with E-state index < -0.39 is 10.0 Å². The molecular weight excluding hydrogens is 332 g/mol. The molecule has 5 nitrogen and oxygen atoms in total. The first-order valence-corrected chi connectivity index (χ1v) is 9.72. The van der Waals surface area contributed by atoms with E-state index in [4.69, 9.17) is 11.6 Å². The summed E-state index contributed by atoms with van der Waals surface area (Å²) in [6.45, 7) is 0.967. The molecule has 0 bridgehead atoms. The number of carbonyl (C=O) groups excluding carboxylic acids is 1. The van der Waals surface area contributed by atoms with Crippen molar-refractivity contribution in [3.8, 4) is 0 Å². The van der Waals surface area contributed by atoms with Crippen molar-refractivity contribution in [3.05, 3.63) is 34.9 Å². The first-order valence-electron chi connectivity index (χ1n) is 6.53. The molecule has 1 fully saturated rings. The molecular formula is C13H17ClN2O3S2. The van der Waals surface area contributed by atoms with Crippen molar-refractivity contribution < 1.29 is 13.2 Å². The van der Waals surface area contributed by atoms with Crippen molar-refractivity contribution in [3.63, 3.8) is 0 Å². The maximum absolute atomic E-state index is 12.1. The van der Waals surface area contributed by atoms with Crippen LogP contribution in [-0.4, -0.2) is 50.4 Å². The van der Waals surface area contributed by atoms with Crippen LogP contribution in [0.5, 0.6) is 0 Å². The van der Waals surface area contributed by atoms with Gasteiger partial charge in [0.05, 0.1) is 11.5 Å². The Morgan fingerprint density at radius 3 is 2.95 bits per heavy atom. The van der Waals surface area contributed by atoms with Gasteiger partial charge in [-0.05, 0) is 17.7 Å². The normalized spacial score (nSPS) is 18.2. The summed E-state index contributed by atoms with van der Waals surface area (Å²) in [5, 5.41) is 0.684. The summed E-state index contributed by atoms with van der Waals surface area (Å²) < 4.78 is 25.3. The third-order valence-corrected chi connectivity index (χ3v) is 5.66. The van der Waals surface area contributed by atoms with Crippen LogP contribution in [0, 0.1) is 0 Å². The monoisotopic (exact) mass is 348 g/mol. The van der Waals surface area contributed by atoms with Crippen molar-refractivity contribution in [1.82, 2.24) is 9.62 Å². The summed E-state index contributed by atoms with van der Waals surface area (Å²) in [7, 11) is -3.22. The quantitative estimate of drug-likeness (QED) is 0.891. The first kappa shape index (κ1) is 16.6. The minimum absolute atomic E-state index is 0.0269. The molecule has 0 atom stereocenters. The van der Waals surface area contributed by atoms with E-state index in [0.29, 0.717) is 23.1 Å². The highest BCUT2D eigenvalue weighted by Gasteiger charge is 2.21. The van der Waals surface area contributed by atoms with Crippen molar-refractivity contribution in [2.45, 2.75) is 5.75 Å². The second-order valence-corrected chi connectivity index (χ2v) is 8.07. The number of hydrogen-bond donors (Lipinski definition) is 1. The van der Waals surface area contributed by atoms with Crippen LogP contribution in [-0.2, 0) is 20.6 Å². The Labute approximate surface area is 134 Å². The molecule has 0 radical (unpaired) electrons. The van der Waals surface area contributed by atoms with Gasteiger partial charge in [0.2, 0.25) is 15.9 Å². The standard InChI is InChI=1S/C13H17ClN2O3S2/c14-12-3-1-2-11(8-12)9-20-10-13(17)16-5-4-15-21(18,19)7-6-16/h1-3,8,15H,4-7,9-10H2. The molecule has 21 heavy (non-hydrogen) atoms. The molecule has 1 aromatic rings. The van der Waals surface area contributed by atoms with Gasteiger partial charge in [-0.25, -0.2) is 13.1 Å². The first-order chi connectivity index (χ1) is 9.96. The van der Waals surface area contributed by atoms with Crippen LogP contribution in [0.25, 0.3) is 0 Å². The van der Waals surface area contributed by atoms with Gasteiger partial charge in [0.15, 0.2) is 0 Å². The van der Waals surface area contributed by atoms with Gasteiger partial charge >= 0.3 is 0 Å².